The molecule has 0 fully saturated rings. The van der Waals surface area contributed by atoms with Crippen molar-refractivity contribution in [3.05, 3.63) is 34.1 Å². The third-order valence-electron chi connectivity index (χ3n) is 1.09. The quantitative estimate of drug-likeness (QED) is 0.639. The summed E-state index contributed by atoms with van der Waals surface area (Å²) < 4.78 is 13.2. The van der Waals surface area contributed by atoms with Crippen molar-refractivity contribution in [3.63, 3.8) is 0 Å². The first-order valence-corrected chi connectivity index (χ1v) is 3.43. The van der Waals surface area contributed by atoms with Crippen LogP contribution in [0.4, 0.5) is 4.39 Å². The molecule has 1 aromatic carbocycles. The van der Waals surface area contributed by atoms with Gasteiger partial charge in [-0.25, -0.2) is 4.39 Å². The van der Waals surface area contributed by atoms with E-state index >= 15 is 0 Å². The number of carbonyl (C=O) groups excluding carboxylic acids is 1. The van der Waals surface area contributed by atoms with Crippen LogP contribution >= 0.6 is 15.9 Å². The standard InChI is InChI=1S/C7H4BrFO/c8-6-2-1-5(4-10)7(9)3-6/h1-4H/i9-1. The predicted molar refractivity (Wildman–Crippen MR) is 39.5 cm³/mol. The van der Waals surface area contributed by atoms with Crippen molar-refractivity contribution in [3.8, 4) is 0 Å². The minimum Gasteiger partial charge on any atom is -0.298 e. The molecule has 0 aliphatic carbocycles. The molecule has 10 heavy (non-hydrogen) atoms. The van der Waals surface area contributed by atoms with Crippen LogP contribution in [0, 0.1) is 5.82 Å². The third kappa shape index (κ3) is 1.42. The Hall–Kier alpha value is -0.700. The second kappa shape index (κ2) is 2.92. The lowest BCUT2D eigenvalue weighted by Crippen LogP contribution is -1.85. The summed E-state index contributed by atoms with van der Waals surface area (Å²) in [5.41, 5.74) is 0.0863. The number of aldehydes is 1. The van der Waals surface area contributed by atoms with Crippen molar-refractivity contribution in [1.29, 1.82) is 0 Å². The van der Waals surface area contributed by atoms with Crippen molar-refractivity contribution in [2.75, 3.05) is 0 Å². The van der Waals surface area contributed by atoms with Gasteiger partial charge in [0.1, 0.15) is 5.82 Å². The van der Waals surface area contributed by atoms with Crippen LogP contribution in [0.3, 0.4) is 0 Å². The van der Waals surface area contributed by atoms with Crippen LogP contribution in [-0.2, 0) is 0 Å². The lowest BCUT2D eigenvalue weighted by Gasteiger charge is -1.92. The molecular weight excluding hydrogens is 198 g/mol. The highest BCUT2D eigenvalue weighted by Gasteiger charge is 1.98. The van der Waals surface area contributed by atoms with Crippen molar-refractivity contribution in [2.24, 2.45) is 0 Å². The molecule has 3 heteroatoms. The number of hydrogen-bond donors (Lipinski definition) is 0. The maximum atomic E-state index is 12.6. The van der Waals surface area contributed by atoms with E-state index in [0.717, 1.165) is 0 Å². The minimum absolute atomic E-state index is 0.0863. The van der Waals surface area contributed by atoms with Gasteiger partial charge < -0.3 is 0 Å². The summed E-state index contributed by atoms with van der Waals surface area (Å²) in [4.78, 5) is 10.1. The van der Waals surface area contributed by atoms with Crippen LogP contribution in [0.15, 0.2) is 22.7 Å². The Labute approximate surface area is 66.0 Å². The average Bonchev–Trinajstić information content (AvgIpc) is 1.88. The normalized spacial score (nSPS) is 9.40. The highest BCUT2D eigenvalue weighted by molar-refractivity contribution is 9.10. The molecule has 0 aliphatic rings. The summed E-state index contributed by atoms with van der Waals surface area (Å²) in [5.74, 6) is -0.496. The summed E-state index contributed by atoms with van der Waals surface area (Å²) in [6.45, 7) is 0. The second-order valence-corrected chi connectivity index (χ2v) is 2.70. The van der Waals surface area contributed by atoms with Gasteiger partial charge in [0.05, 0.1) is 5.56 Å². The van der Waals surface area contributed by atoms with Crippen LogP contribution in [-0.4, -0.2) is 6.29 Å². The van der Waals surface area contributed by atoms with Crippen LogP contribution in [0.25, 0.3) is 0 Å². The van der Waals surface area contributed by atoms with Gasteiger partial charge >= 0.3 is 0 Å². The summed E-state index contributed by atoms with van der Waals surface area (Å²) in [7, 11) is 0. The Kier molecular flexibility index (Phi) is 2.17. The smallest absolute Gasteiger partial charge is 0.152 e. The van der Waals surface area contributed by atoms with Crippen molar-refractivity contribution < 1.29 is 9.18 Å². The molecule has 0 amide bonds. The van der Waals surface area contributed by atoms with Gasteiger partial charge in [-0.3, -0.25) is 4.79 Å². The summed E-state index contributed by atoms with van der Waals surface area (Å²) in [6, 6.07) is 4.29. The highest BCUT2D eigenvalue weighted by Crippen LogP contribution is 2.13. The van der Waals surface area contributed by atoms with Gasteiger partial charge in [-0.1, -0.05) is 15.9 Å². The molecular formula is C7H4BrFO. The Morgan fingerprint density at radius 3 is 2.70 bits per heavy atom. The lowest BCUT2D eigenvalue weighted by atomic mass is 10.2. The molecule has 1 aromatic rings. The zero-order valence-corrected chi connectivity index (χ0v) is 6.56. The van der Waals surface area contributed by atoms with Gasteiger partial charge in [-0.05, 0) is 18.2 Å². The van der Waals surface area contributed by atoms with Crippen LogP contribution in [0.2, 0.25) is 0 Å². The molecule has 0 N–H and O–H groups in total. The van der Waals surface area contributed by atoms with E-state index in [1.54, 1.807) is 6.07 Å². The molecule has 0 saturated carbocycles. The van der Waals surface area contributed by atoms with E-state index in [0.29, 0.717) is 10.8 Å². The van der Waals surface area contributed by atoms with Crippen molar-refractivity contribution in [2.45, 2.75) is 0 Å². The monoisotopic (exact) mass is 201 g/mol. The molecule has 0 saturated heterocycles. The third-order valence-corrected chi connectivity index (χ3v) is 1.58. The fraction of sp³-hybridized carbons (Fsp3) is 0. The van der Waals surface area contributed by atoms with E-state index in [1.807, 2.05) is 0 Å². The largest absolute Gasteiger partial charge is 0.298 e. The second-order valence-electron chi connectivity index (χ2n) is 1.78. The molecule has 0 spiro atoms. The minimum atomic E-state index is -0.496. The number of hydrogen-bond acceptors (Lipinski definition) is 1. The molecule has 0 bridgehead atoms. The summed E-state index contributed by atoms with van der Waals surface area (Å²) in [6.07, 6.45) is 0.488. The first kappa shape index (κ1) is 7.41. The van der Waals surface area contributed by atoms with Gasteiger partial charge in [0.25, 0.3) is 0 Å². The number of halogens is 2. The fourth-order valence-electron chi connectivity index (χ4n) is 0.597. The fourth-order valence-corrected chi connectivity index (χ4v) is 0.930. The topological polar surface area (TPSA) is 17.1 Å². The van der Waals surface area contributed by atoms with E-state index in [1.165, 1.54) is 12.1 Å². The van der Waals surface area contributed by atoms with Crippen LogP contribution in [0.1, 0.15) is 10.4 Å². The molecule has 1 nitrogen and oxygen atoms in total. The summed E-state index contributed by atoms with van der Waals surface area (Å²) >= 11 is 3.07. The zero-order valence-electron chi connectivity index (χ0n) is 4.97. The Balaban J connectivity index is 3.19. The zero-order chi connectivity index (χ0) is 7.56. The van der Waals surface area contributed by atoms with E-state index in [9.17, 15) is 9.18 Å². The van der Waals surface area contributed by atoms with Gasteiger partial charge in [0, 0.05) is 4.47 Å². The number of carbonyl (C=O) groups is 1. The molecule has 1 rings (SSSR count). The predicted octanol–water partition coefficient (Wildman–Crippen LogP) is 2.40. The Morgan fingerprint density at radius 1 is 1.50 bits per heavy atom. The molecule has 0 aromatic heterocycles. The number of rotatable bonds is 1. The van der Waals surface area contributed by atoms with E-state index in [2.05, 4.69) is 15.9 Å². The van der Waals surface area contributed by atoms with Crippen LogP contribution < -0.4 is 0 Å². The first-order valence-electron chi connectivity index (χ1n) is 2.64. The Bertz CT molecular complexity index is 260. The maximum Gasteiger partial charge on any atom is 0.152 e. The van der Waals surface area contributed by atoms with Crippen molar-refractivity contribution >= 4 is 22.2 Å². The Morgan fingerprint density at radius 2 is 2.20 bits per heavy atom. The number of benzene rings is 1. The molecule has 0 aliphatic heterocycles. The van der Waals surface area contributed by atoms with Gasteiger partial charge in [-0.15, -0.1) is 0 Å². The molecule has 0 radical (unpaired) electrons. The average molecular weight is 202 g/mol. The van der Waals surface area contributed by atoms with Gasteiger partial charge in [0.2, 0.25) is 0 Å². The first-order chi connectivity index (χ1) is 4.74. The molecule has 0 atom stereocenters. The molecule has 0 unspecified atom stereocenters. The van der Waals surface area contributed by atoms with Crippen molar-refractivity contribution in [1.82, 2.24) is 0 Å². The molecule has 52 valence electrons. The molecule has 0 heterocycles. The lowest BCUT2D eigenvalue weighted by molar-refractivity contribution is 0.112. The van der Waals surface area contributed by atoms with E-state index < -0.39 is 5.82 Å². The van der Waals surface area contributed by atoms with E-state index in [-0.39, 0.29) is 5.56 Å². The van der Waals surface area contributed by atoms with Crippen LogP contribution in [0.5, 0.6) is 0 Å². The highest BCUT2D eigenvalue weighted by atomic mass is 79.9. The SMILES string of the molecule is O=Cc1ccc(Br)cc1[18F]. The summed E-state index contributed by atoms with van der Waals surface area (Å²) in [5, 5.41) is 0. The van der Waals surface area contributed by atoms with E-state index in [4.69, 9.17) is 0 Å². The van der Waals surface area contributed by atoms with Gasteiger partial charge in [0.15, 0.2) is 6.29 Å². The maximum absolute atomic E-state index is 12.6. The van der Waals surface area contributed by atoms with Gasteiger partial charge in [-0.2, -0.15) is 0 Å².